The third-order valence-corrected chi connectivity index (χ3v) is 3.33. The number of hydrogen-bond acceptors (Lipinski definition) is 2. The lowest BCUT2D eigenvalue weighted by Crippen LogP contribution is -1.87. The van der Waals surface area contributed by atoms with Crippen LogP contribution in [-0.2, 0) is 0 Å². The third kappa shape index (κ3) is 1.83. The molecule has 0 unspecified atom stereocenters. The molecule has 0 saturated heterocycles. The number of pyridine rings is 1. The summed E-state index contributed by atoms with van der Waals surface area (Å²) in [5.41, 5.74) is 5.56. The van der Waals surface area contributed by atoms with Gasteiger partial charge in [0.1, 0.15) is 0 Å². The first-order chi connectivity index (χ1) is 9.20. The molecule has 0 aliphatic heterocycles. The van der Waals surface area contributed by atoms with Crippen LogP contribution < -0.4 is 0 Å². The quantitative estimate of drug-likeness (QED) is 0.705. The lowest BCUT2D eigenvalue weighted by Gasteiger charge is -1.98. The molecular formula is C16H14N2O. The van der Waals surface area contributed by atoms with Crippen molar-refractivity contribution in [3.63, 3.8) is 0 Å². The smallest absolute Gasteiger partial charge is 0.152 e. The van der Waals surface area contributed by atoms with E-state index in [1.807, 2.05) is 38.1 Å². The summed E-state index contributed by atoms with van der Waals surface area (Å²) < 4.78 is 0. The second kappa shape index (κ2) is 4.35. The highest BCUT2D eigenvalue weighted by Gasteiger charge is 2.14. The number of hydrogen-bond donors (Lipinski definition) is 1. The van der Waals surface area contributed by atoms with Gasteiger partial charge >= 0.3 is 0 Å². The van der Waals surface area contributed by atoms with Crippen LogP contribution in [-0.4, -0.2) is 16.3 Å². The van der Waals surface area contributed by atoms with E-state index in [-0.39, 0.29) is 0 Å². The predicted molar refractivity (Wildman–Crippen MR) is 76.4 cm³/mol. The number of nitrogens with zero attached hydrogens (tertiary/aromatic N) is 1. The molecule has 94 valence electrons. The topological polar surface area (TPSA) is 45.8 Å². The summed E-state index contributed by atoms with van der Waals surface area (Å²) in [4.78, 5) is 19.1. The molecule has 19 heavy (non-hydrogen) atoms. The van der Waals surface area contributed by atoms with E-state index in [4.69, 9.17) is 0 Å². The zero-order valence-corrected chi connectivity index (χ0v) is 10.9. The number of aromatic amines is 1. The fourth-order valence-corrected chi connectivity index (χ4v) is 2.51. The number of H-pyrrole nitrogens is 1. The van der Waals surface area contributed by atoms with Crippen LogP contribution in [0.15, 0.2) is 36.5 Å². The highest BCUT2D eigenvalue weighted by molar-refractivity contribution is 6.05. The summed E-state index contributed by atoms with van der Waals surface area (Å²) in [6.45, 7) is 4.08. The van der Waals surface area contributed by atoms with Gasteiger partial charge in [0.2, 0.25) is 0 Å². The van der Waals surface area contributed by atoms with Gasteiger partial charge in [0.15, 0.2) is 6.29 Å². The number of carbonyl (C=O) groups excluding carboxylic acids is 1. The van der Waals surface area contributed by atoms with Crippen molar-refractivity contribution in [2.75, 3.05) is 0 Å². The standard InChI is InChI=1S/C16H14N2O/c1-10-7-11(2)15-12(8-10)13(9-19)16(18-15)14-5-3-4-6-17-14/h3-9,18H,1-2H3. The Hall–Kier alpha value is -2.42. The Balaban J connectivity index is 2.38. The predicted octanol–water partition coefficient (Wildman–Crippen LogP) is 3.66. The lowest BCUT2D eigenvalue weighted by atomic mass is 10.0. The number of carbonyl (C=O) groups is 1. The normalized spacial score (nSPS) is 10.8. The summed E-state index contributed by atoms with van der Waals surface area (Å²) in [5, 5.41) is 0.966. The Bertz CT molecular complexity index is 757. The fourth-order valence-electron chi connectivity index (χ4n) is 2.51. The van der Waals surface area contributed by atoms with Crippen LogP contribution in [0.1, 0.15) is 21.5 Å². The van der Waals surface area contributed by atoms with Crippen LogP contribution in [0.2, 0.25) is 0 Å². The molecule has 3 heteroatoms. The lowest BCUT2D eigenvalue weighted by molar-refractivity contribution is 0.112. The Kier molecular flexibility index (Phi) is 2.67. The highest BCUT2D eigenvalue weighted by Crippen LogP contribution is 2.30. The molecule has 0 aliphatic carbocycles. The summed E-state index contributed by atoms with van der Waals surface area (Å²) in [7, 11) is 0. The first-order valence-corrected chi connectivity index (χ1v) is 6.20. The van der Waals surface area contributed by atoms with Gasteiger partial charge in [-0.2, -0.15) is 0 Å². The minimum atomic E-state index is 0.681. The maximum atomic E-state index is 11.5. The van der Waals surface area contributed by atoms with Gasteiger partial charge in [-0.05, 0) is 37.6 Å². The van der Waals surface area contributed by atoms with Crippen LogP contribution in [0.25, 0.3) is 22.3 Å². The summed E-state index contributed by atoms with van der Waals surface area (Å²) in [6, 6.07) is 9.83. The summed E-state index contributed by atoms with van der Waals surface area (Å²) in [5.74, 6) is 0. The molecule has 0 atom stereocenters. The minimum Gasteiger partial charge on any atom is -0.352 e. The van der Waals surface area contributed by atoms with E-state index < -0.39 is 0 Å². The van der Waals surface area contributed by atoms with E-state index in [9.17, 15) is 4.79 Å². The first kappa shape index (κ1) is 11.7. The maximum absolute atomic E-state index is 11.5. The fraction of sp³-hybridized carbons (Fsp3) is 0.125. The molecule has 0 fully saturated rings. The van der Waals surface area contributed by atoms with Crippen molar-refractivity contribution in [2.24, 2.45) is 0 Å². The van der Waals surface area contributed by atoms with Crippen molar-refractivity contribution in [3.8, 4) is 11.4 Å². The number of fused-ring (bicyclic) bond motifs is 1. The largest absolute Gasteiger partial charge is 0.352 e. The molecule has 0 spiro atoms. The number of aldehydes is 1. The van der Waals surface area contributed by atoms with Gasteiger partial charge in [-0.25, -0.2) is 0 Å². The number of benzene rings is 1. The maximum Gasteiger partial charge on any atom is 0.152 e. The van der Waals surface area contributed by atoms with Crippen LogP contribution in [0.5, 0.6) is 0 Å². The van der Waals surface area contributed by atoms with Gasteiger partial charge in [0.05, 0.1) is 11.4 Å². The molecule has 3 nitrogen and oxygen atoms in total. The van der Waals surface area contributed by atoms with Gasteiger partial charge in [-0.3, -0.25) is 9.78 Å². The van der Waals surface area contributed by atoms with E-state index in [2.05, 4.69) is 16.0 Å². The zero-order valence-electron chi connectivity index (χ0n) is 10.9. The van der Waals surface area contributed by atoms with Crippen LogP contribution in [0.3, 0.4) is 0 Å². The van der Waals surface area contributed by atoms with Crippen molar-refractivity contribution >= 4 is 17.2 Å². The van der Waals surface area contributed by atoms with E-state index in [1.54, 1.807) is 6.20 Å². The molecule has 0 saturated carbocycles. The van der Waals surface area contributed by atoms with Crippen molar-refractivity contribution in [1.82, 2.24) is 9.97 Å². The monoisotopic (exact) mass is 250 g/mol. The number of nitrogens with one attached hydrogen (secondary N) is 1. The van der Waals surface area contributed by atoms with Gasteiger partial charge in [-0.15, -0.1) is 0 Å². The Morgan fingerprint density at radius 1 is 1.21 bits per heavy atom. The average Bonchev–Trinajstić information content (AvgIpc) is 2.78. The van der Waals surface area contributed by atoms with E-state index >= 15 is 0 Å². The van der Waals surface area contributed by atoms with Crippen molar-refractivity contribution in [1.29, 1.82) is 0 Å². The van der Waals surface area contributed by atoms with Crippen molar-refractivity contribution in [3.05, 3.63) is 53.2 Å². The van der Waals surface area contributed by atoms with Gasteiger partial charge in [0.25, 0.3) is 0 Å². The van der Waals surface area contributed by atoms with Crippen LogP contribution in [0.4, 0.5) is 0 Å². The van der Waals surface area contributed by atoms with E-state index in [0.29, 0.717) is 5.56 Å². The molecule has 1 aromatic carbocycles. The first-order valence-electron chi connectivity index (χ1n) is 6.20. The SMILES string of the molecule is Cc1cc(C)c2[nH]c(-c3ccccn3)c(C=O)c2c1. The van der Waals surface area contributed by atoms with Crippen molar-refractivity contribution in [2.45, 2.75) is 13.8 Å². The molecule has 2 heterocycles. The van der Waals surface area contributed by atoms with Crippen LogP contribution in [0, 0.1) is 13.8 Å². The molecule has 0 aliphatic rings. The average molecular weight is 250 g/mol. The molecular weight excluding hydrogens is 236 g/mol. The zero-order chi connectivity index (χ0) is 13.4. The second-order valence-corrected chi connectivity index (χ2v) is 4.75. The summed E-state index contributed by atoms with van der Waals surface area (Å²) in [6.07, 6.45) is 2.63. The van der Waals surface area contributed by atoms with Crippen LogP contribution >= 0.6 is 0 Å². The third-order valence-electron chi connectivity index (χ3n) is 3.33. The number of aryl methyl sites for hydroxylation is 2. The minimum absolute atomic E-state index is 0.681. The van der Waals surface area contributed by atoms with Gasteiger partial charge in [0, 0.05) is 22.7 Å². The second-order valence-electron chi connectivity index (χ2n) is 4.75. The molecule has 0 bridgehead atoms. The molecule has 2 aromatic heterocycles. The Labute approximate surface area is 111 Å². The molecule has 3 aromatic rings. The summed E-state index contributed by atoms with van der Waals surface area (Å²) >= 11 is 0. The highest BCUT2D eigenvalue weighted by atomic mass is 16.1. The molecule has 0 amide bonds. The number of rotatable bonds is 2. The van der Waals surface area contributed by atoms with E-state index in [0.717, 1.165) is 39.7 Å². The van der Waals surface area contributed by atoms with Gasteiger partial charge in [-0.1, -0.05) is 17.7 Å². The van der Waals surface area contributed by atoms with Crippen molar-refractivity contribution < 1.29 is 4.79 Å². The Morgan fingerprint density at radius 3 is 2.74 bits per heavy atom. The molecule has 0 radical (unpaired) electrons. The molecule has 1 N–H and O–H groups in total. The Morgan fingerprint density at radius 2 is 2.05 bits per heavy atom. The molecule has 3 rings (SSSR count). The van der Waals surface area contributed by atoms with E-state index in [1.165, 1.54) is 0 Å². The van der Waals surface area contributed by atoms with Gasteiger partial charge < -0.3 is 4.98 Å². The number of aromatic nitrogens is 2.